The van der Waals surface area contributed by atoms with Crippen molar-refractivity contribution >= 4 is 11.7 Å². The topological polar surface area (TPSA) is 68.0 Å². The quantitative estimate of drug-likeness (QED) is 0.600. The number of rotatable bonds is 1. The highest BCUT2D eigenvalue weighted by molar-refractivity contribution is 5.94. The van der Waals surface area contributed by atoms with Crippen LogP contribution in [0.3, 0.4) is 0 Å². The molecule has 0 unspecified atom stereocenters. The van der Waals surface area contributed by atoms with Crippen LogP contribution < -0.4 is 11.1 Å². The maximum Gasteiger partial charge on any atom is 0.252 e. The van der Waals surface area contributed by atoms with Crippen molar-refractivity contribution < 1.29 is 4.79 Å². The molecule has 57 valence electrons. The van der Waals surface area contributed by atoms with Gasteiger partial charge in [-0.2, -0.15) is 0 Å². The van der Waals surface area contributed by atoms with Gasteiger partial charge in [0.25, 0.3) is 5.91 Å². The minimum absolute atomic E-state index is 0.266. The zero-order chi connectivity index (χ0) is 8.27. The van der Waals surface area contributed by atoms with Gasteiger partial charge in [0.2, 0.25) is 0 Å². The molecule has 4 nitrogen and oxygen atoms in total. The molecule has 0 saturated carbocycles. The van der Waals surface area contributed by atoms with E-state index in [-0.39, 0.29) is 5.91 Å². The summed E-state index contributed by atoms with van der Waals surface area (Å²) in [7, 11) is 3.23. The SMILES string of the molecule is [CH2]NC(=O)c1ccc(N)nc1. The lowest BCUT2D eigenvalue weighted by Gasteiger charge is -1.97. The summed E-state index contributed by atoms with van der Waals surface area (Å²) in [5.41, 5.74) is 5.76. The van der Waals surface area contributed by atoms with Gasteiger partial charge in [-0.1, -0.05) is 0 Å². The monoisotopic (exact) mass is 150 g/mol. The number of pyridine rings is 1. The Morgan fingerprint density at radius 2 is 2.36 bits per heavy atom. The third-order valence-electron chi connectivity index (χ3n) is 1.21. The number of hydrogen-bond donors (Lipinski definition) is 2. The number of aromatic nitrogens is 1. The molecule has 0 aliphatic heterocycles. The number of amides is 1. The molecule has 1 rings (SSSR count). The second-order valence-electron chi connectivity index (χ2n) is 1.98. The summed E-state index contributed by atoms with van der Waals surface area (Å²) < 4.78 is 0. The van der Waals surface area contributed by atoms with Gasteiger partial charge in [0.05, 0.1) is 5.56 Å². The fraction of sp³-hybridized carbons (Fsp3) is 0. The van der Waals surface area contributed by atoms with E-state index >= 15 is 0 Å². The van der Waals surface area contributed by atoms with Crippen molar-refractivity contribution in [3.63, 3.8) is 0 Å². The van der Waals surface area contributed by atoms with Gasteiger partial charge in [-0.25, -0.2) is 4.98 Å². The molecule has 11 heavy (non-hydrogen) atoms. The van der Waals surface area contributed by atoms with Gasteiger partial charge in [-0.15, -0.1) is 0 Å². The number of hydrogen-bond acceptors (Lipinski definition) is 3. The van der Waals surface area contributed by atoms with E-state index in [0.717, 1.165) is 0 Å². The second-order valence-corrected chi connectivity index (χ2v) is 1.98. The molecule has 3 N–H and O–H groups in total. The van der Waals surface area contributed by atoms with Gasteiger partial charge in [-0.05, 0) is 12.1 Å². The lowest BCUT2D eigenvalue weighted by atomic mass is 10.3. The molecule has 4 heteroatoms. The minimum atomic E-state index is -0.266. The largest absolute Gasteiger partial charge is 0.384 e. The van der Waals surface area contributed by atoms with Crippen LogP contribution >= 0.6 is 0 Å². The predicted molar refractivity (Wildman–Crippen MR) is 41.5 cm³/mol. The summed E-state index contributed by atoms with van der Waals surface area (Å²) in [6, 6.07) is 3.15. The van der Waals surface area contributed by atoms with Crippen LogP contribution in [0.4, 0.5) is 5.82 Å². The highest BCUT2D eigenvalue weighted by Crippen LogP contribution is 1.99. The van der Waals surface area contributed by atoms with Crippen molar-refractivity contribution in [2.45, 2.75) is 0 Å². The summed E-state index contributed by atoms with van der Waals surface area (Å²) in [6.07, 6.45) is 1.40. The van der Waals surface area contributed by atoms with E-state index < -0.39 is 0 Å². The average molecular weight is 150 g/mol. The first kappa shape index (κ1) is 7.53. The Kier molecular flexibility index (Phi) is 2.06. The average Bonchev–Trinajstić information content (AvgIpc) is 2.05. The van der Waals surface area contributed by atoms with E-state index in [1.165, 1.54) is 6.20 Å². The molecular formula is C7H8N3O. The van der Waals surface area contributed by atoms with E-state index in [9.17, 15) is 4.79 Å². The van der Waals surface area contributed by atoms with E-state index in [4.69, 9.17) is 5.73 Å². The molecule has 1 radical (unpaired) electrons. The summed E-state index contributed by atoms with van der Waals surface area (Å²) in [6.45, 7) is 0. The summed E-state index contributed by atoms with van der Waals surface area (Å²) >= 11 is 0. The van der Waals surface area contributed by atoms with Crippen molar-refractivity contribution in [1.82, 2.24) is 10.3 Å². The number of nitrogens with zero attached hydrogens (tertiary/aromatic N) is 1. The Bertz CT molecular complexity index is 255. The first-order valence-corrected chi connectivity index (χ1v) is 3.03. The van der Waals surface area contributed by atoms with Gasteiger partial charge >= 0.3 is 0 Å². The van der Waals surface area contributed by atoms with Crippen LogP contribution in [0.5, 0.6) is 0 Å². The normalized spacial score (nSPS) is 9.18. The molecule has 0 spiro atoms. The Hall–Kier alpha value is -1.58. The van der Waals surface area contributed by atoms with Gasteiger partial charge in [-0.3, -0.25) is 4.79 Å². The summed E-state index contributed by atoms with van der Waals surface area (Å²) in [5, 5.41) is 2.23. The molecule has 1 amide bonds. The van der Waals surface area contributed by atoms with E-state index in [2.05, 4.69) is 17.3 Å². The second kappa shape index (κ2) is 3.01. The Labute approximate surface area is 64.4 Å². The number of carbonyl (C=O) groups is 1. The van der Waals surface area contributed by atoms with E-state index in [0.29, 0.717) is 11.4 Å². The Balaban J connectivity index is 2.90. The number of nitrogens with one attached hydrogen (secondary N) is 1. The van der Waals surface area contributed by atoms with Crippen LogP contribution in [0.1, 0.15) is 10.4 Å². The Morgan fingerprint density at radius 3 is 2.82 bits per heavy atom. The van der Waals surface area contributed by atoms with Crippen molar-refractivity contribution in [3.8, 4) is 0 Å². The van der Waals surface area contributed by atoms with Crippen molar-refractivity contribution in [1.29, 1.82) is 0 Å². The van der Waals surface area contributed by atoms with Gasteiger partial charge in [0.15, 0.2) is 0 Å². The molecule has 1 aromatic heterocycles. The standard InChI is InChI=1S/C7H8N3O/c1-9-7(11)5-2-3-6(8)10-4-5/h2-4H,1H2,(H2,8,10)(H,9,11). The summed E-state index contributed by atoms with van der Waals surface area (Å²) in [5.74, 6) is 0.128. The van der Waals surface area contributed by atoms with Gasteiger partial charge < -0.3 is 11.1 Å². The lowest BCUT2D eigenvalue weighted by Crippen LogP contribution is -2.15. The highest BCUT2D eigenvalue weighted by Gasteiger charge is 2.00. The maximum absolute atomic E-state index is 10.9. The van der Waals surface area contributed by atoms with E-state index in [1.807, 2.05) is 0 Å². The van der Waals surface area contributed by atoms with Gasteiger partial charge in [0.1, 0.15) is 5.82 Å². The van der Waals surface area contributed by atoms with Crippen LogP contribution in [-0.4, -0.2) is 10.9 Å². The van der Waals surface area contributed by atoms with Crippen LogP contribution in [0.25, 0.3) is 0 Å². The molecule has 0 aromatic carbocycles. The predicted octanol–water partition coefficient (Wildman–Crippen LogP) is 0.185. The molecule has 1 aromatic rings. The summed E-state index contributed by atoms with van der Waals surface area (Å²) in [4.78, 5) is 14.6. The molecule has 0 aliphatic carbocycles. The smallest absolute Gasteiger partial charge is 0.252 e. The third kappa shape index (κ3) is 1.67. The first-order valence-electron chi connectivity index (χ1n) is 3.03. The minimum Gasteiger partial charge on any atom is -0.384 e. The van der Waals surface area contributed by atoms with Crippen LogP contribution in [0, 0.1) is 7.05 Å². The number of nitrogen functional groups attached to an aromatic ring is 1. The molecule has 0 atom stereocenters. The molecule has 1 heterocycles. The molecule has 0 fully saturated rings. The zero-order valence-corrected chi connectivity index (χ0v) is 5.87. The van der Waals surface area contributed by atoms with Crippen molar-refractivity contribution in [3.05, 3.63) is 30.9 Å². The number of anilines is 1. The first-order chi connectivity index (χ1) is 5.24. The van der Waals surface area contributed by atoms with E-state index in [1.54, 1.807) is 12.1 Å². The molecule has 0 bridgehead atoms. The van der Waals surface area contributed by atoms with Gasteiger partial charge in [0, 0.05) is 13.2 Å². The van der Waals surface area contributed by atoms with Crippen molar-refractivity contribution in [2.24, 2.45) is 0 Å². The zero-order valence-electron chi connectivity index (χ0n) is 5.87. The lowest BCUT2D eigenvalue weighted by molar-refractivity contribution is 0.0968. The van der Waals surface area contributed by atoms with Crippen molar-refractivity contribution in [2.75, 3.05) is 5.73 Å². The maximum atomic E-state index is 10.9. The molecular weight excluding hydrogens is 142 g/mol. The Morgan fingerprint density at radius 1 is 1.64 bits per heavy atom. The number of nitrogens with two attached hydrogens (primary N) is 1. The van der Waals surface area contributed by atoms with Crippen LogP contribution in [-0.2, 0) is 0 Å². The highest BCUT2D eigenvalue weighted by atomic mass is 16.1. The fourth-order valence-corrected chi connectivity index (χ4v) is 0.642. The third-order valence-corrected chi connectivity index (χ3v) is 1.21. The molecule has 0 aliphatic rings. The fourth-order valence-electron chi connectivity index (χ4n) is 0.642. The van der Waals surface area contributed by atoms with Crippen LogP contribution in [0.15, 0.2) is 18.3 Å². The van der Waals surface area contributed by atoms with Crippen LogP contribution in [0.2, 0.25) is 0 Å². The number of carbonyl (C=O) groups excluding carboxylic acids is 1. The molecule has 0 saturated heterocycles.